The molecule has 1 aliphatic rings. The third-order valence-electron chi connectivity index (χ3n) is 4.28. The van der Waals surface area contributed by atoms with Crippen molar-refractivity contribution in [2.24, 2.45) is 5.92 Å². The Balaban J connectivity index is 1.57. The highest BCUT2D eigenvalue weighted by molar-refractivity contribution is 7.13. The van der Waals surface area contributed by atoms with Gasteiger partial charge in [-0.2, -0.15) is 0 Å². The standard InChI is InChI=1S/C20H17FN2O2S/c1-25-18-8-7-13(10-16(18)21)17-11-26-20(23-17)14-3-2-4-15(9-14)22-19(24)12-5-6-12/h2-4,7-12H,5-6H2,1H3,(H,22,24). The number of benzene rings is 2. The molecule has 0 saturated heterocycles. The number of nitrogens with one attached hydrogen (secondary N) is 1. The summed E-state index contributed by atoms with van der Waals surface area (Å²) in [5.74, 6) is 0.0402. The van der Waals surface area contributed by atoms with Gasteiger partial charge in [0.25, 0.3) is 0 Å². The summed E-state index contributed by atoms with van der Waals surface area (Å²) >= 11 is 1.48. The van der Waals surface area contributed by atoms with Gasteiger partial charge in [-0.25, -0.2) is 9.37 Å². The van der Waals surface area contributed by atoms with Gasteiger partial charge in [0.1, 0.15) is 5.01 Å². The van der Waals surface area contributed by atoms with Crippen molar-refractivity contribution in [2.45, 2.75) is 12.8 Å². The lowest BCUT2D eigenvalue weighted by molar-refractivity contribution is -0.117. The number of ether oxygens (including phenoxy) is 1. The Kier molecular flexibility index (Phi) is 4.42. The first-order chi connectivity index (χ1) is 12.6. The van der Waals surface area contributed by atoms with E-state index in [9.17, 15) is 9.18 Å². The number of hydrogen-bond donors (Lipinski definition) is 1. The lowest BCUT2D eigenvalue weighted by Gasteiger charge is -2.05. The molecule has 0 bridgehead atoms. The molecule has 26 heavy (non-hydrogen) atoms. The van der Waals surface area contributed by atoms with Crippen LogP contribution in [-0.2, 0) is 4.79 Å². The van der Waals surface area contributed by atoms with Gasteiger partial charge in [-0.05, 0) is 43.2 Å². The summed E-state index contributed by atoms with van der Waals surface area (Å²) in [6.45, 7) is 0. The second-order valence-electron chi connectivity index (χ2n) is 6.23. The normalized spacial score (nSPS) is 13.5. The fourth-order valence-corrected chi connectivity index (χ4v) is 3.51. The summed E-state index contributed by atoms with van der Waals surface area (Å²) in [4.78, 5) is 16.5. The van der Waals surface area contributed by atoms with Crippen molar-refractivity contribution in [1.82, 2.24) is 4.98 Å². The Hall–Kier alpha value is -2.73. The molecule has 1 heterocycles. The van der Waals surface area contributed by atoms with Crippen LogP contribution in [0.3, 0.4) is 0 Å². The molecule has 4 nitrogen and oxygen atoms in total. The Morgan fingerprint density at radius 3 is 2.81 bits per heavy atom. The molecule has 0 aliphatic heterocycles. The van der Waals surface area contributed by atoms with Gasteiger partial charge >= 0.3 is 0 Å². The first-order valence-electron chi connectivity index (χ1n) is 8.35. The quantitative estimate of drug-likeness (QED) is 0.691. The number of carbonyl (C=O) groups is 1. The fraction of sp³-hybridized carbons (Fsp3) is 0.200. The van der Waals surface area contributed by atoms with Crippen molar-refractivity contribution in [2.75, 3.05) is 12.4 Å². The van der Waals surface area contributed by atoms with Gasteiger partial charge in [-0.1, -0.05) is 12.1 Å². The van der Waals surface area contributed by atoms with Gasteiger partial charge in [0.15, 0.2) is 11.6 Å². The molecule has 1 N–H and O–H groups in total. The molecule has 1 aliphatic carbocycles. The zero-order chi connectivity index (χ0) is 18.1. The summed E-state index contributed by atoms with van der Waals surface area (Å²) in [6, 6.07) is 12.4. The molecule has 0 radical (unpaired) electrons. The van der Waals surface area contributed by atoms with E-state index in [-0.39, 0.29) is 17.6 Å². The maximum absolute atomic E-state index is 13.9. The minimum atomic E-state index is -0.413. The molecular weight excluding hydrogens is 351 g/mol. The zero-order valence-electron chi connectivity index (χ0n) is 14.2. The molecule has 1 aromatic heterocycles. The van der Waals surface area contributed by atoms with Gasteiger partial charge in [0, 0.05) is 28.1 Å². The topological polar surface area (TPSA) is 51.2 Å². The lowest BCUT2D eigenvalue weighted by Crippen LogP contribution is -2.13. The molecule has 0 unspecified atom stereocenters. The van der Waals surface area contributed by atoms with Crippen LogP contribution in [0.25, 0.3) is 21.8 Å². The molecule has 132 valence electrons. The zero-order valence-corrected chi connectivity index (χ0v) is 15.0. The molecule has 0 spiro atoms. The molecule has 1 saturated carbocycles. The Labute approximate surface area is 154 Å². The van der Waals surface area contributed by atoms with Crippen molar-refractivity contribution in [1.29, 1.82) is 0 Å². The van der Waals surface area contributed by atoms with Crippen molar-refractivity contribution in [3.05, 3.63) is 53.7 Å². The number of nitrogens with zero attached hydrogens (tertiary/aromatic N) is 1. The van der Waals surface area contributed by atoms with E-state index in [1.807, 2.05) is 29.6 Å². The van der Waals surface area contributed by atoms with Crippen molar-refractivity contribution in [3.8, 4) is 27.6 Å². The van der Waals surface area contributed by atoms with Crippen LogP contribution in [0.2, 0.25) is 0 Å². The van der Waals surface area contributed by atoms with E-state index in [1.165, 1.54) is 24.5 Å². The lowest BCUT2D eigenvalue weighted by atomic mass is 10.1. The summed E-state index contributed by atoms with van der Waals surface area (Å²) in [7, 11) is 1.44. The Morgan fingerprint density at radius 1 is 1.23 bits per heavy atom. The largest absolute Gasteiger partial charge is 0.494 e. The molecule has 3 aromatic rings. The first kappa shape index (κ1) is 16.7. The second kappa shape index (κ2) is 6.88. The van der Waals surface area contributed by atoms with Crippen LogP contribution in [0.15, 0.2) is 47.8 Å². The van der Waals surface area contributed by atoms with Crippen LogP contribution in [0.5, 0.6) is 5.75 Å². The highest BCUT2D eigenvalue weighted by atomic mass is 32.1. The average Bonchev–Trinajstić information content (AvgIpc) is 3.39. The number of rotatable bonds is 5. The smallest absolute Gasteiger partial charge is 0.227 e. The number of anilines is 1. The van der Waals surface area contributed by atoms with Crippen molar-refractivity contribution >= 4 is 22.9 Å². The summed E-state index contributed by atoms with van der Waals surface area (Å²) in [5.41, 5.74) is 3.10. The number of halogens is 1. The molecule has 1 fully saturated rings. The summed E-state index contributed by atoms with van der Waals surface area (Å²) in [6.07, 6.45) is 1.94. The third-order valence-corrected chi connectivity index (χ3v) is 5.17. The molecule has 4 rings (SSSR count). The van der Waals surface area contributed by atoms with Gasteiger partial charge in [0.2, 0.25) is 5.91 Å². The molecular formula is C20H17FN2O2S. The Morgan fingerprint density at radius 2 is 2.08 bits per heavy atom. The molecule has 2 aromatic carbocycles. The van der Waals surface area contributed by atoms with E-state index in [0.29, 0.717) is 11.3 Å². The van der Waals surface area contributed by atoms with Gasteiger partial charge in [0.05, 0.1) is 12.8 Å². The van der Waals surface area contributed by atoms with Crippen LogP contribution >= 0.6 is 11.3 Å². The van der Waals surface area contributed by atoms with E-state index in [2.05, 4.69) is 10.3 Å². The first-order valence-corrected chi connectivity index (χ1v) is 9.23. The van der Waals surface area contributed by atoms with Crippen LogP contribution < -0.4 is 10.1 Å². The molecule has 1 amide bonds. The number of carbonyl (C=O) groups excluding carboxylic acids is 1. The third kappa shape index (κ3) is 3.46. The van der Waals surface area contributed by atoms with Gasteiger partial charge < -0.3 is 10.1 Å². The number of hydrogen-bond acceptors (Lipinski definition) is 4. The van der Waals surface area contributed by atoms with E-state index >= 15 is 0 Å². The van der Waals surface area contributed by atoms with Crippen LogP contribution in [-0.4, -0.2) is 18.0 Å². The van der Waals surface area contributed by atoms with E-state index in [0.717, 1.165) is 29.1 Å². The van der Waals surface area contributed by atoms with Gasteiger partial charge in [-0.15, -0.1) is 11.3 Å². The van der Waals surface area contributed by atoms with Crippen LogP contribution in [0, 0.1) is 11.7 Å². The van der Waals surface area contributed by atoms with Crippen LogP contribution in [0.1, 0.15) is 12.8 Å². The molecule has 6 heteroatoms. The number of amides is 1. The maximum Gasteiger partial charge on any atom is 0.227 e. The van der Waals surface area contributed by atoms with E-state index in [1.54, 1.807) is 12.1 Å². The van der Waals surface area contributed by atoms with E-state index < -0.39 is 5.82 Å². The number of methoxy groups -OCH3 is 1. The van der Waals surface area contributed by atoms with Crippen molar-refractivity contribution in [3.63, 3.8) is 0 Å². The van der Waals surface area contributed by atoms with Gasteiger partial charge in [-0.3, -0.25) is 4.79 Å². The number of aromatic nitrogens is 1. The minimum Gasteiger partial charge on any atom is -0.494 e. The molecule has 0 atom stereocenters. The van der Waals surface area contributed by atoms with Crippen LogP contribution in [0.4, 0.5) is 10.1 Å². The minimum absolute atomic E-state index is 0.0793. The van der Waals surface area contributed by atoms with Crippen molar-refractivity contribution < 1.29 is 13.9 Å². The summed E-state index contributed by atoms with van der Waals surface area (Å²) < 4.78 is 18.9. The number of thiazole rings is 1. The van der Waals surface area contributed by atoms with E-state index in [4.69, 9.17) is 4.74 Å². The maximum atomic E-state index is 13.9. The SMILES string of the molecule is COc1ccc(-c2csc(-c3cccc(NC(=O)C4CC4)c3)n2)cc1F. The summed E-state index contributed by atoms with van der Waals surface area (Å²) in [5, 5.41) is 5.66. The second-order valence-corrected chi connectivity index (χ2v) is 7.09. The average molecular weight is 368 g/mol. The predicted octanol–water partition coefficient (Wildman–Crippen LogP) is 4.97. The fourth-order valence-electron chi connectivity index (χ4n) is 2.68. The highest BCUT2D eigenvalue weighted by Gasteiger charge is 2.29. The monoisotopic (exact) mass is 368 g/mol. The highest BCUT2D eigenvalue weighted by Crippen LogP contribution is 2.33. The predicted molar refractivity (Wildman–Crippen MR) is 101 cm³/mol. The Bertz CT molecular complexity index is 966.